The molecule has 10 nitrogen and oxygen atoms in total. The van der Waals surface area contributed by atoms with E-state index in [4.69, 9.17) is 0 Å². The lowest BCUT2D eigenvalue weighted by molar-refractivity contribution is -0.118. The Balaban J connectivity index is 1.93. The summed E-state index contributed by atoms with van der Waals surface area (Å²) < 4.78 is 0. The molecule has 0 aliphatic rings. The molecule has 0 fully saturated rings. The van der Waals surface area contributed by atoms with E-state index in [1.807, 2.05) is 0 Å². The SMILES string of the molecule is N#CC(=Cc1ccc(O)c(O)c1)C(=O)NCCNC(=O)C(C#N)=Cc1ccc(O)c(O)c1. The molecule has 0 spiro atoms. The van der Waals surface area contributed by atoms with E-state index < -0.39 is 23.3 Å². The highest BCUT2D eigenvalue weighted by Gasteiger charge is 2.12. The summed E-state index contributed by atoms with van der Waals surface area (Å²) in [6, 6.07) is 11.1. The van der Waals surface area contributed by atoms with Crippen molar-refractivity contribution in [1.82, 2.24) is 10.6 Å². The number of amides is 2. The Morgan fingerprint density at radius 3 is 1.41 bits per heavy atom. The Hall–Kier alpha value is -4.96. The number of phenolic OH excluding ortho intramolecular Hbond substituents is 4. The minimum atomic E-state index is -0.718. The van der Waals surface area contributed by atoms with Crippen LogP contribution in [0, 0.1) is 22.7 Å². The molecule has 2 aromatic rings. The minimum Gasteiger partial charge on any atom is -0.504 e. The van der Waals surface area contributed by atoms with Gasteiger partial charge >= 0.3 is 0 Å². The first-order chi connectivity index (χ1) is 15.2. The molecule has 0 aliphatic carbocycles. The Labute approximate surface area is 182 Å². The molecule has 0 radical (unpaired) electrons. The van der Waals surface area contributed by atoms with Crippen molar-refractivity contribution in [3.05, 3.63) is 58.7 Å². The Kier molecular flexibility index (Phi) is 7.81. The number of nitrogens with one attached hydrogen (secondary N) is 2. The van der Waals surface area contributed by atoms with E-state index in [1.54, 1.807) is 12.1 Å². The summed E-state index contributed by atoms with van der Waals surface area (Å²) in [5, 5.41) is 60.8. The maximum atomic E-state index is 12.1. The number of nitriles is 2. The summed E-state index contributed by atoms with van der Waals surface area (Å²) in [5.74, 6) is -2.91. The van der Waals surface area contributed by atoms with Crippen LogP contribution in [0.15, 0.2) is 47.5 Å². The zero-order valence-corrected chi connectivity index (χ0v) is 16.5. The fraction of sp³-hybridized carbons (Fsp3) is 0.0909. The van der Waals surface area contributed by atoms with Crippen LogP contribution in [0.3, 0.4) is 0 Å². The number of hydrogen-bond donors (Lipinski definition) is 6. The highest BCUT2D eigenvalue weighted by Crippen LogP contribution is 2.26. The van der Waals surface area contributed by atoms with Crippen LogP contribution in [-0.4, -0.2) is 45.3 Å². The van der Waals surface area contributed by atoms with Crippen LogP contribution in [0.4, 0.5) is 0 Å². The molecule has 0 heterocycles. The molecule has 2 rings (SSSR count). The van der Waals surface area contributed by atoms with Gasteiger partial charge in [0.1, 0.15) is 23.3 Å². The lowest BCUT2D eigenvalue weighted by atomic mass is 10.1. The standard InChI is InChI=1S/C22H18N4O6/c23-11-15(7-13-1-3-17(27)19(29)9-13)21(31)25-5-6-26-22(32)16(12-24)8-14-2-4-18(28)20(30)10-14/h1-4,7-10,27-30H,5-6H2,(H,25,31)(H,26,32). The average Bonchev–Trinajstić information content (AvgIpc) is 2.77. The number of hydrogen-bond acceptors (Lipinski definition) is 8. The van der Waals surface area contributed by atoms with Crippen LogP contribution in [0.2, 0.25) is 0 Å². The smallest absolute Gasteiger partial charge is 0.262 e. The molecule has 10 heteroatoms. The van der Waals surface area contributed by atoms with Gasteiger partial charge in [-0.1, -0.05) is 12.1 Å². The molecule has 0 atom stereocenters. The van der Waals surface area contributed by atoms with Gasteiger partial charge in [0.05, 0.1) is 0 Å². The first-order valence-corrected chi connectivity index (χ1v) is 9.09. The Bertz CT molecular complexity index is 1090. The van der Waals surface area contributed by atoms with Crippen molar-refractivity contribution in [1.29, 1.82) is 10.5 Å². The van der Waals surface area contributed by atoms with Gasteiger partial charge in [-0.3, -0.25) is 9.59 Å². The monoisotopic (exact) mass is 434 g/mol. The number of benzene rings is 2. The van der Waals surface area contributed by atoms with Crippen LogP contribution in [0.25, 0.3) is 12.2 Å². The van der Waals surface area contributed by atoms with Crippen LogP contribution < -0.4 is 10.6 Å². The lowest BCUT2D eigenvalue weighted by Gasteiger charge is -2.07. The molecular weight excluding hydrogens is 416 g/mol. The quantitative estimate of drug-likeness (QED) is 0.163. The van der Waals surface area contributed by atoms with Crippen molar-refractivity contribution < 1.29 is 30.0 Å². The van der Waals surface area contributed by atoms with Crippen LogP contribution >= 0.6 is 0 Å². The molecule has 32 heavy (non-hydrogen) atoms. The molecular formula is C22H18N4O6. The zero-order valence-electron chi connectivity index (χ0n) is 16.5. The fourth-order valence-electron chi connectivity index (χ4n) is 2.43. The number of carbonyl (C=O) groups is 2. The molecule has 2 aromatic carbocycles. The zero-order chi connectivity index (χ0) is 23.7. The van der Waals surface area contributed by atoms with Gasteiger partial charge in [0.2, 0.25) is 0 Å². The Morgan fingerprint density at radius 1 is 0.719 bits per heavy atom. The molecule has 2 amide bonds. The van der Waals surface area contributed by atoms with Crippen molar-refractivity contribution in [3.63, 3.8) is 0 Å². The molecule has 0 aromatic heterocycles. The highest BCUT2D eigenvalue weighted by atomic mass is 16.3. The predicted octanol–water partition coefficient (Wildman–Crippen LogP) is 1.26. The molecule has 6 N–H and O–H groups in total. The van der Waals surface area contributed by atoms with Gasteiger partial charge in [0, 0.05) is 13.1 Å². The Morgan fingerprint density at radius 2 is 1.09 bits per heavy atom. The maximum absolute atomic E-state index is 12.1. The van der Waals surface area contributed by atoms with Crippen molar-refractivity contribution in [3.8, 4) is 35.1 Å². The van der Waals surface area contributed by atoms with Crippen LogP contribution in [-0.2, 0) is 9.59 Å². The van der Waals surface area contributed by atoms with Crippen molar-refractivity contribution in [2.75, 3.05) is 13.1 Å². The van der Waals surface area contributed by atoms with Crippen molar-refractivity contribution in [2.24, 2.45) is 0 Å². The third-order valence-corrected chi connectivity index (χ3v) is 4.05. The minimum absolute atomic E-state index is 0.0386. The second-order valence-electron chi connectivity index (χ2n) is 6.35. The third kappa shape index (κ3) is 6.27. The van der Waals surface area contributed by atoms with Crippen molar-refractivity contribution in [2.45, 2.75) is 0 Å². The van der Waals surface area contributed by atoms with E-state index >= 15 is 0 Å². The second kappa shape index (κ2) is 10.7. The van der Waals surface area contributed by atoms with Gasteiger partial charge in [-0.05, 0) is 47.5 Å². The van der Waals surface area contributed by atoms with E-state index in [0.717, 1.165) is 0 Å². The van der Waals surface area contributed by atoms with Gasteiger partial charge < -0.3 is 31.1 Å². The van der Waals surface area contributed by atoms with E-state index in [-0.39, 0.29) is 35.7 Å². The first kappa shape index (κ1) is 23.3. The largest absolute Gasteiger partial charge is 0.504 e. The summed E-state index contributed by atoms with van der Waals surface area (Å²) in [4.78, 5) is 24.3. The van der Waals surface area contributed by atoms with E-state index in [9.17, 15) is 40.5 Å². The van der Waals surface area contributed by atoms with E-state index in [1.165, 1.54) is 48.6 Å². The molecule has 0 saturated heterocycles. The van der Waals surface area contributed by atoms with Gasteiger partial charge in [-0.25, -0.2) is 0 Å². The lowest BCUT2D eigenvalue weighted by Crippen LogP contribution is -2.35. The topological polar surface area (TPSA) is 187 Å². The second-order valence-corrected chi connectivity index (χ2v) is 6.35. The molecule has 162 valence electrons. The first-order valence-electron chi connectivity index (χ1n) is 9.09. The normalized spacial score (nSPS) is 11.2. The molecule has 0 saturated carbocycles. The third-order valence-electron chi connectivity index (χ3n) is 4.05. The van der Waals surface area contributed by atoms with Crippen LogP contribution in [0.1, 0.15) is 11.1 Å². The number of phenols is 4. The van der Waals surface area contributed by atoms with Crippen LogP contribution in [0.5, 0.6) is 23.0 Å². The number of nitrogens with zero attached hydrogens (tertiary/aromatic N) is 2. The number of rotatable bonds is 7. The number of aromatic hydroxyl groups is 4. The summed E-state index contributed by atoms with van der Waals surface area (Å²) >= 11 is 0. The van der Waals surface area contributed by atoms with Gasteiger partial charge in [0.25, 0.3) is 11.8 Å². The fourth-order valence-corrected chi connectivity index (χ4v) is 2.43. The molecule has 0 unspecified atom stereocenters. The maximum Gasteiger partial charge on any atom is 0.262 e. The van der Waals surface area contributed by atoms with Crippen molar-refractivity contribution >= 4 is 24.0 Å². The summed E-state index contributed by atoms with van der Waals surface area (Å²) in [6.45, 7) is -0.0771. The van der Waals surface area contributed by atoms with E-state index in [2.05, 4.69) is 10.6 Å². The van der Waals surface area contributed by atoms with Gasteiger partial charge in [-0.15, -0.1) is 0 Å². The summed E-state index contributed by atoms with van der Waals surface area (Å²) in [6.07, 6.45) is 2.44. The highest BCUT2D eigenvalue weighted by molar-refractivity contribution is 6.02. The van der Waals surface area contributed by atoms with Gasteiger partial charge in [0.15, 0.2) is 23.0 Å². The van der Waals surface area contributed by atoms with Gasteiger partial charge in [-0.2, -0.15) is 10.5 Å². The average molecular weight is 434 g/mol. The predicted molar refractivity (Wildman–Crippen MR) is 113 cm³/mol. The summed E-state index contributed by atoms with van der Waals surface area (Å²) in [5.41, 5.74) is 0.131. The van der Waals surface area contributed by atoms with E-state index in [0.29, 0.717) is 11.1 Å². The number of carbonyl (C=O) groups excluding carboxylic acids is 2. The summed E-state index contributed by atoms with van der Waals surface area (Å²) in [7, 11) is 0. The molecule has 0 aliphatic heterocycles. The molecule has 0 bridgehead atoms.